The molecule has 1 aliphatic carbocycles. The highest BCUT2D eigenvalue weighted by atomic mass is 14.0. The highest BCUT2D eigenvalue weighted by Crippen LogP contribution is 2.15. The van der Waals surface area contributed by atoms with Gasteiger partial charge in [0.1, 0.15) is 0 Å². The Hall–Kier alpha value is 0. The Morgan fingerprint density at radius 3 is 1.80 bits per heavy atom. The second-order valence-electron chi connectivity index (χ2n) is 0.747. The van der Waals surface area contributed by atoms with E-state index in [1.165, 1.54) is 0 Å². The first-order valence-corrected chi connectivity index (χ1v) is 1.41. The smallest absolute Gasteiger partial charge is 0.0267 e. The van der Waals surface area contributed by atoms with Gasteiger partial charge in [-0.15, -0.1) is 0 Å². The SMILES string of the molecule is [3H]C1C([3H])C([3H])([3H])C([3H])([3H])C1([3H])[3H]. The molecule has 5 heavy (non-hydrogen) atoms. The molecule has 0 nitrogen and oxygen atoms in total. The van der Waals surface area contributed by atoms with Gasteiger partial charge in [-0.25, -0.2) is 0 Å². The molecule has 0 heteroatoms. The molecule has 1 rings (SSSR count). The van der Waals surface area contributed by atoms with Crippen molar-refractivity contribution in [3.8, 4) is 0 Å². The van der Waals surface area contributed by atoms with Crippen LogP contribution in [0, 0.1) is 0 Å². The van der Waals surface area contributed by atoms with Crippen LogP contribution in [0.1, 0.15) is 42.9 Å². The van der Waals surface area contributed by atoms with Crippen LogP contribution in [0.5, 0.6) is 0 Å². The van der Waals surface area contributed by atoms with Crippen LogP contribution in [0.2, 0.25) is 0 Å². The third-order valence-electron chi connectivity index (χ3n) is 0.394. The van der Waals surface area contributed by atoms with Gasteiger partial charge in [0.15, 0.2) is 0 Å². The molecule has 0 aromatic carbocycles. The second-order valence-corrected chi connectivity index (χ2v) is 0.747. The molecular weight excluding hydrogens is 60.1 g/mol. The molecule has 2 atom stereocenters. The fourth-order valence-electron chi connectivity index (χ4n) is 0.208. The maximum absolute atomic E-state index is 7.23. The van der Waals surface area contributed by atoms with Crippen molar-refractivity contribution in [2.24, 2.45) is 0 Å². The molecule has 1 fully saturated rings. The van der Waals surface area contributed by atoms with Crippen LogP contribution in [0.4, 0.5) is 0 Å². The minimum atomic E-state index is -2.78. The zero-order valence-corrected chi connectivity index (χ0v) is 2.65. The van der Waals surface area contributed by atoms with E-state index >= 15 is 0 Å². The lowest BCUT2D eigenvalue weighted by Crippen LogP contribution is -1.47. The van der Waals surface area contributed by atoms with Gasteiger partial charge in [-0.2, -0.15) is 0 Å². The standard InChI is InChI=1S/C5H10/c1-2-4-5-3-1/h1-5H2/i1T,2T,3T2,4T2,5T2. The van der Waals surface area contributed by atoms with Gasteiger partial charge >= 0.3 is 0 Å². The number of hydrogen-bond acceptors (Lipinski definition) is 0. The van der Waals surface area contributed by atoms with Gasteiger partial charge in [-0.1, -0.05) is 31.9 Å². The van der Waals surface area contributed by atoms with E-state index in [4.69, 9.17) is 11.0 Å². The minimum absolute atomic E-state index is 1.68. The lowest BCUT2D eigenvalue weighted by atomic mass is 10.4. The van der Waals surface area contributed by atoms with Crippen molar-refractivity contribution in [3.63, 3.8) is 0 Å². The molecule has 0 spiro atoms. The van der Waals surface area contributed by atoms with Crippen LogP contribution in [0.25, 0.3) is 0 Å². The first kappa shape index (κ1) is 0.473. The first-order valence-electron chi connectivity index (χ1n) is 5.57. The van der Waals surface area contributed by atoms with E-state index in [0.29, 0.717) is 0 Å². The molecule has 1 aliphatic rings. The van der Waals surface area contributed by atoms with Crippen LogP contribution in [-0.4, -0.2) is 0 Å². The molecule has 2 unspecified atom stereocenters. The normalized spacial score (nSPS) is 107. The first-order chi connectivity index (χ1) is 5.57. The minimum Gasteiger partial charge on any atom is -0.0533 e. The molecule has 0 bridgehead atoms. The second kappa shape index (κ2) is 1.44. The summed E-state index contributed by atoms with van der Waals surface area (Å²) in [6.07, 6.45) is -11.4. The summed E-state index contributed by atoms with van der Waals surface area (Å²) < 4.78 is 57.8. The summed E-state index contributed by atoms with van der Waals surface area (Å²) in [6.45, 7) is 0. The quantitative estimate of drug-likeness (QED) is 0.422. The van der Waals surface area contributed by atoms with Gasteiger partial charge in [-0.05, 0) is 0 Å². The van der Waals surface area contributed by atoms with Gasteiger partial charge in [0.2, 0.25) is 0 Å². The molecule has 0 saturated heterocycles. The zero-order chi connectivity index (χ0) is 10.7. The third kappa shape index (κ3) is 0.640. The Bertz CT molecular complexity index is 199. The highest BCUT2D eigenvalue weighted by Gasteiger charge is 1.95. The maximum atomic E-state index is 7.23. The van der Waals surface area contributed by atoms with Crippen LogP contribution in [0.3, 0.4) is 0 Å². The summed E-state index contributed by atoms with van der Waals surface area (Å²) in [7, 11) is 0. The Balaban J connectivity index is 3.23. The van der Waals surface area contributed by atoms with Crippen molar-refractivity contribution >= 4 is 0 Å². The monoisotopic (exact) mass is 86.1 g/mol. The van der Waals surface area contributed by atoms with Crippen molar-refractivity contribution in [3.05, 3.63) is 0 Å². The topological polar surface area (TPSA) is 0 Å². The Kier molecular flexibility index (Phi) is 0.136. The summed E-state index contributed by atoms with van der Waals surface area (Å²) in [5.41, 5.74) is 0. The predicted molar refractivity (Wildman–Crippen MR) is 23.1 cm³/mol. The van der Waals surface area contributed by atoms with Crippen molar-refractivity contribution in [2.75, 3.05) is 0 Å². The van der Waals surface area contributed by atoms with E-state index in [9.17, 15) is 0 Å². The number of hydrogen-bond donors (Lipinski definition) is 0. The molecule has 1 saturated carbocycles. The summed E-state index contributed by atoms with van der Waals surface area (Å²) in [5, 5.41) is 0. The molecule has 0 radical (unpaired) electrons. The molecule has 0 aliphatic heterocycles. The summed E-state index contributed by atoms with van der Waals surface area (Å²) in [5.74, 6) is 0. The lowest BCUT2D eigenvalue weighted by molar-refractivity contribution is 0.886. The molecular formula is C5H10. The molecule has 0 heterocycles. The van der Waals surface area contributed by atoms with Crippen LogP contribution < -0.4 is 0 Å². The summed E-state index contributed by atoms with van der Waals surface area (Å²) in [6, 6.07) is 0. The molecule has 0 aromatic heterocycles. The van der Waals surface area contributed by atoms with E-state index in [1.54, 1.807) is 0 Å². The van der Waals surface area contributed by atoms with E-state index in [2.05, 4.69) is 0 Å². The van der Waals surface area contributed by atoms with Gasteiger partial charge in [0, 0.05) is 11.0 Å². The fourth-order valence-corrected chi connectivity index (χ4v) is 0.208. The Morgan fingerprint density at radius 1 is 1.00 bits per heavy atom. The van der Waals surface area contributed by atoms with E-state index in [0.717, 1.165) is 0 Å². The molecule has 0 amide bonds. The summed E-state index contributed by atoms with van der Waals surface area (Å²) in [4.78, 5) is 0. The zero-order valence-electron chi connectivity index (χ0n) is 10.7. The highest BCUT2D eigenvalue weighted by molar-refractivity contribution is 4.51. The van der Waals surface area contributed by atoms with Gasteiger partial charge in [0.25, 0.3) is 0 Å². The van der Waals surface area contributed by atoms with Crippen molar-refractivity contribution < 1.29 is 11.0 Å². The number of rotatable bonds is 0. The average molecular weight is 86.2 g/mol. The van der Waals surface area contributed by atoms with Gasteiger partial charge in [0.05, 0.1) is 0 Å². The van der Waals surface area contributed by atoms with Gasteiger partial charge in [-0.3, -0.25) is 0 Å². The van der Waals surface area contributed by atoms with Crippen molar-refractivity contribution in [2.45, 2.75) is 31.9 Å². The average Bonchev–Trinajstić information content (AvgIpc) is 2.05. The predicted octanol–water partition coefficient (Wildman–Crippen LogP) is 1.95. The van der Waals surface area contributed by atoms with Crippen molar-refractivity contribution in [1.29, 1.82) is 0 Å². The summed E-state index contributed by atoms with van der Waals surface area (Å²) >= 11 is 0. The van der Waals surface area contributed by atoms with Gasteiger partial charge < -0.3 is 0 Å². The van der Waals surface area contributed by atoms with E-state index in [-0.39, 0.29) is 0 Å². The molecule has 0 N–H and O–H groups in total. The maximum Gasteiger partial charge on any atom is 0.0267 e. The molecule has 0 aromatic rings. The molecule has 30 valence electrons. The fraction of sp³-hybridized carbons (Fsp3) is 1.00. The van der Waals surface area contributed by atoms with Crippen LogP contribution in [0.15, 0.2) is 0 Å². The Labute approximate surface area is 44.4 Å². The van der Waals surface area contributed by atoms with Crippen molar-refractivity contribution in [1.82, 2.24) is 0 Å². The van der Waals surface area contributed by atoms with Crippen LogP contribution >= 0.6 is 0 Å². The van der Waals surface area contributed by atoms with E-state index < -0.39 is 31.9 Å². The van der Waals surface area contributed by atoms with E-state index in [1.807, 2.05) is 0 Å². The Morgan fingerprint density at radius 2 is 1.60 bits per heavy atom. The third-order valence-corrected chi connectivity index (χ3v) is 0.394. The lowest BCUT2D eigenvalue weighted by Gasteiger charge is -1.67. The largest absolute Gasteiger partial charge is 0.0533 e. The van der Waals surface area contributed by atoms with Crippen LogP contribution in [-0.2, 0) is 0 Å².